The third-order valence-electron chi connectivity index (χ3n) is 3.07. The van der Waals surface area contributed by atoms with E-state index in [2.05, 4.69) is 0 Å². The Morgan fingerprint density at radius 3 is 2.11 bits per heavy atom. The Morgan fingerprint density at radius 2 is 1.67 bits per heavy atom. The molecule has 6 heteroatoms. The van der Waals surface area contributed by atoms with Crippen molar-refractivity contribution >= 4 is 11.8 Å². The molecule has 0 aromatic heterocycles. The third-order valence-corrected chi connectivity index (χ3v) is 3.07. The van der Waals surface area contributed by atoms with Gasteiger partial charge in [0, 0.05) is 45.8 Å². The van der Waals surface area contributed by atoms with Crippen molar-refractivity contribution in [3.63, 3.8) is 0 Å². The topological polar surface area (TPSA) is 75.9 Å². The minimum absolute atomic E-state index is 0.0137. The molecular weight excluding hydrogens is 234 g/mol. The average molecular weight is 257 g/mol. The van der Waals surface area contributed by atoms with E-state index < -0.39 is 0 Å². The lowest BCUT2D eigenvalue weighted by Crippen LogP contribution is -2.51. The lowest BCUT2D eigenvalue weighted by molar-refractivity contribution is -0.141. The molecule has 0 aromatic rings. The van der Waals surface area contributed by atoms with Crippen molar-refractivity contribution < 1.29 is 14.3 Å². The Balaban J connectivity index is 2.30. The van der Waals surface area contributed by atoms with E-state index in [1.54, 1.807) is 9.80 Å². The van der Waals surface area contributed by atoms with Gasteiger partial charge in [-0.15, -0.1) is 0 Å². The number of piperazine rings is 1. The summed E-state index contributed by atoms with van der Waals surface area (Å²) < 4.78 is 4.81. The van der Waals surface area contributed by atoms with E-state index in [1.807, 2.05) is 6.92 Å². The van der Waals surface area contributed by atoms with Gasteiger partial charge < -0.3 is 20.3 Å². The van der Waals surface area contributed by atoms with Crippen molar-refractivity contribution in [3.05, 3.63) is 0 Å². The summed E-state index contributed by atoms with van der Waals surface area (Å²) in [6.45, 7) is 4.39. The van der Waals surface area contributed by atoms with Crippen LogP contribution >= 0.6 is 0 Å². The normalized spacial score (nSPS) is 17.7. The molecule has 1 aliphatic rings. The fraction of sp³-hybridized carbons (Fsp3) is 0.833. The molecule has 1 unspecified atom stereocenters. The van der Waals surface area contributed by atoms with Crippen LogP contribution in [-0.4, -0.2) is 67.6 Å². The highest BCUT2D eigenvalue weighted by molar-refractivity contribution is 5.79. The maximum atomic E-state index is 11.8. The van der Waals surface area contributed by atoms with Crippen molar-refractivity contribution in [1.82, 2.24) is 9.80 Å². The first-order valence-electron chi connectivity index (χ1n) is 6.34. The lowest BCUT2D eigenvalue weighted by atomic mass is 10.1. The molecule has 0 bridgehead atoms. The first kappa shape index (κ1) is 14.9. The van der Waals surface area contributed by atoms with Crippen LogP contribution in [0.1, 0.15) is 19.8 Å². The van der Waals surface area contributed by atoms with Gasteiger partial charge in [0.25, 0.3) is 0 Å². The number of methoxy groups -OCH3 is 1. The van der Waals surface area contributed by atoms with Gasteiger partial charge in [0.1, 0.15) is 6.61 Å². The lowest BCUT2D eigenvalue weighted by Gasteiger charge is -2.34. The van der Waals surface area contributed by atoms with Gasteiger partial charge in [-0.25, -0.2) is 0 Å². The number of ether oxygens (including phenoxy) is 1. The van der Waals surface area contributed by atoms with Crippen LogP contribution in [-0.2, 0) is 14.3 Å². The second-order valence-electron chi connectivity index (χ2n) is 4.71. The molecule has 1 aliphatic heterocycles. The number of amides is 2. The molecule has 0 saturated carbocycles. The summed E-state index contributed by atoms with van der Waals surface area (Å²) in [6.07, 6.45) is 1.20. The van der Waals surface area contributed by atoms with Crippen LogP contribution in [0, 0.1) is 0 Å². The molecule has 1 atom stereocenters. The quantitative estimate of drug-likeness (QED) is 0.715. The number of hydrogen-bond acceptors (Lipinski definition) is 4. The number of nitrogens with zero attached hydrogens (tertiary/aromatic N) is 2. The number of hydrogen-bond donors (Lipinski definition) is 1. The fourth-order valence-corrected chi connectivity index (χ4v) is 1.93. The van der Waals surface area contributed by atoms with E-state index in [0.29, 0.717) is 39.0 Å². The molecular formula is C12H23N3O3. The summed E-state index contributed by atoms with van der Waals surface area (Å²) in [4.78, 5) is 27.0. The molecule has 0 aliphatic carbocycles. The van der Waals surface area contributed by atoms with Gasteiger partial charge >= 0.3 is 0 Å². The van der Waals surface area contributed by atoms with Crippen LogP contribution in [0.25, 0.3) is 0 Å². The predicted octanol–water partition coefficient (Wildman–Crippen LogP) is -0.569. The van der Waals surface area contributed by atoms with Crippen LogP contribution in [0.2, 0.25) is 0 Å². The zero-order valence-corrected chi connectivity index (χ0v) is 11.2. The van der Waals surface area contributed by atoms with E-state index in [9.17, 15) is 9.59 Å². The standard InChI is InChI=1S/C12H23N3O3/c1-10(13)3-4-11(16)14-5-7-15(8-6-14)12(17)9-18-2/h10H,3-9,13H2,1-2H3. The molecule has 1 heterocycles. The zero-order valence-electron chi connectivity index (χ0n) is 11.2. The Morgan fingerprint density at radius 1 is 1.17 bits per heavy atom. The van der Waals surface area contributed by atoms with Gasteiger partial charge in [0.05, 0.1) is 0 Å². The highest BCUT2D eigenvalue weighted by Crippen LogP contribution is 2.06. The molecule has 2 amide bonds. The molecule has 18 heavy (non-hydrogen) atoms. The smallest absolute Gasteiger partial charge is 0.248 e. The zero-order chi connectivity index (χ0) is 13.5. The molecule has 0 spiro atoms. The van der Waals surface area contributed by atoms with Gasteiger partial charge in [-0.05, 0) is 13.3 Å². The summed E-state index contributed by atoms with van der Waals surface area (Å²) in [7, 11) is 1.51. The van der Waals surface area contributed by atoms with Crippen LogP contribution in [0.15, 0.2) is 0 Å². The predicted molar refractivity (Wildman–Crippen MR) is 67.9 cm³/mol. The first-order chi connectivity index (χ1) is 8.54. The number of rotatable bonds is 5. The van der Waals surface area contributed by atoms with Crippen LogP contribution in [0.4, 0.5) is 0 Å². The monoisotopic (exact) mass is 257 g/mol. The first-order valence-corrected chi connectivity index (χ1v) is 6.34. The van der Waals surface area contributed by atoms with Crippen LogP contribution in [0.3, 0.4) is 0 Å². The summed E-state index contributed by atoms with van der Waals surface area (Å²) >= 11 is 0. The molecule has 0 radical (unpaired) electrons. The maximum Gasteiger partial charge on any atom is 0.248 e. The van der Waals surface area contributed by atoms with Crippen molar-refractivity contribution in [2.75, 3.05) is 39.9 Å². The Labute approximate surface area is 108 Å². The van der Waals surface area contributed by atoms with Gasteiger partial charge in [-0.2, -0.15) is 0 Å². The summed E-state index contributed by atoms with van der Waals surface area (Å²) in [6, 6.07) is 0.0542. The molecule has 0 aromatic carbocycles. The number of carbonyl (C=O) groups is 2. The molecule has 1 saturated heterocycles. The van der Waals surface area contributed by atoms with Crippen LogP contribution in [0.5, 0.6) is 0 Å². The Hall–Kier alpha value is -1.14. The highest BCUT2D eigenvalue weighted by Gasteiger charge is 2.23. The van der Waals surface area contributed by atoms with E-state index >= 15 is 0 Å². The van der Waals surface area contributed by atoms with E-state index in [0.717, 1.165) is 0 Å². The molecule has 1 fully saturated rings. The largest absolute Gasteiger partial charge is 0.375 e. The number of carbonyl (C=O) groups excluding carboxylic acids is 2. The Bertz CT molecular complexity index is 286. The van der Waals surface area contributed by atoms with Gasteiger partial charge in [-0.1, -0.05) is 0 Å². The molecule has 1 rings (SSSR count). The molecule has 6 nitrogen and oxygen atoms in total. The minimum Gasteiger partial charge on any atom is -0.375 e. The second-order valence-corrected chi connectivity index (χ2v) is 4.71. The van der Waals surface area contributed by atoms with E-state index in [4.69, 9.17) is 10.5 Å². The molecule has 2 N–H and O–H groups in total. The van der Waals surface area contributed by atoms with Crippen LogP contribution < -0.4 is 5.73 Å². The van der Waals surface area contributed by atoms with Gasteiger partial charge in [0.15, 0.2) is 0 Å². The van der Waals surface area contributed by atoms with E-state index in [1.165, 1.54) is 7.11 Å². The molecule has 104 valence electrons. The van der Waals surface area contributed by atoms with Crippen molar-refractivity contribution in [3.8, 4) is 0 Å². The summed E-state index contributed by atoms with van der Waals surface area (Å²) in [5.74, 6) is 0.117. The van der Waals surface area contributed by atoms with Gasteiger partial charge in [0.2, 0.25) is 11.8 Å². The van der Waals surface area contributed by atoms with Crippen molar-refractivity contribution in [2.45, 2.75) is 25.8 Å². The fourth-order valence-electron chi connectivity index (χ4n) is 1.93. The van der Waals surface area contributed by atoms with Crippen molar-refractivity contribution in [2.24, 2.45) is 5.73 Å². The van der Waals surface area contributed by atoms with Gasteiger partial charge in [-0.3, -0.25) is 9.59 Å². The maximum absolute atomic E-state index is 11.8. The Kier molecular flexibility index (Phi) is 6.07. The highest BCUT2D eigenvalue weighted by atomic mass is 16.5. The summed E-state index contributed by atoms with van der Waals surface area (Å²) in [5.41, 5.74) is 5.63. The third kappa shape index (κ3) is 4.62. The second kappa shape index (κ2) is 7.33. The minimum atomic E-state index is -0.0137. The number of nitrogens with two attached hydrogens (primary N) is 1. The SMILES string of the molecule is COCC(=O)N1CCN(C(=O)CCC(C)N)CC1. The summed E-state index contributed by atoms with van der Waals surface area (Å²) in [5, 5.41) is 0. The average Bonchev–Trinajstić information content (AvgIpc) is 2.36. The van der Waals surface area contributed by atoms with Crippen molar-refractivity contribution in [1.29, 1.82) is 0 Å². The van der Waals surface area contributed by atoms with E-state index in [-0.39, 0.29) is 24.5 Å².